The van der Waals surface area contributed by atoms with Crippen molar-refractivity contribution in [2.45, 2.75) is 181 Å². The Hall–Kier alpha value is -2.29. The summed E-state index contributed by atoms with van der Waals surface area (Å²) in [5.74, 6) is 0.935. The fourth-order valence-corrected chi connectivity index (χ4v) is 6.15. The number of nitrogens with one attached hydrogen (secondary N) is 1. The number of anilines is 1. The van der Waals surface area contributed by atoms with Crippen LogP contribution in [0.4, 0.5) is 5.69 Å². The molecule has 0 saturated heterocycles. The number of rotatable bonds is 30. The highest BCUT2D eigenvalue weighted by Gasteiger charge is 2.08. The summed E-state index contributed by atoms with van der Waals surface area (Å²) in [5, 5.41) is 3.08. The molecule has 0 aromatic heterocycles. The number of hydrogen-bond donors (Lipinski definition) is 1. The van der Waals surface area contributed by atoms with E-state index < -0.39 is 0 Å². The second-order valence-electron chi connectivity index (χ2n) is 13.3. The summed E-state index contributed by atoms with van der Waals surface area (Å²) in [4.78, 5) is 12.5. The van der Waals surface area contributed by atoms with Crippen LogP contribution in [-0.4, -0.2) is 12.5 Å². The lowest BCUT2D eigenvalue weighted by Crippen LogP contribution is -2.10. The standard InChI is InChI=1S/C42H68NO2/c1-3-5-7-9-11-13-15-16-17-19-21-23-25-29-37-45-41-31-28-27-30-40(41)38-33-35-39(36-34-38)43-42(44)32-26-24-22-20-18-14-12-10-8-6-4-2/h27-28,30,33-36H,3-26,29,32,37H2,1-2H3,(H,43,44). The van der Waals surface area contributed by atoms with Crippen molar-refractivity contribution in [3.05, 3.63) is 48.5 Å². The molecule has 0 atom stereocenters. The van der Waals surface area contributed by atoms with Gasteiger partial charge in [0.2, 0.25) is 5.91 Å². The predicted octanol–water partition coefficient (Wildman–Crippen LogP) is 13.7. The number of ether oxygens (including phenoxy) is 1. The molecule has 0 fully saturated rings. The van der Waals surface area contributed by atoms with E-state index in [1.54, 1.807) is 0 Å². The Labute approximate surface area is 278 Å². The highest BCUT2D eigenvalue weighted by atomic mass is 16.5. The van der Waals surface area contributed by atoms with Gasteiger partial charge in [-0.05, 0) is 30.5 Å². The van der Waals surface area contributed by atoms with Crippen molar-refractivity contribution < 1.29 is 9.53 Å². The fourth-order valence-electron chi connectivity index (χ4n) is 6.15. The van der Waals surface area contributed by atoms with Gasteiger partial charge < -0.3 is 10.1 Å². The third kappa shape index (κ3) is 20.5. The van der Waals surface area contributed by atoms with E-state index in [-0.39, 0.29) is 5.91 Å². The van der Waals surface area contributed by atoms with Gasteiger partial charge in [0.25, 0.3) is 0 Å². The summed E-state index contributed by atoms with van der Waals surface area (Å²) < 4.78 is 6.17. The van der Waals surface area contributed by atoms with Crippen molar-refractivity contribution in [2.24, 2.45) is 0 Å². The molecule has 2 aromatic carbocycles. The van der Waals surface area contributed by atoms with E-state index in [4.69, 9.17) is 4.74 Å². The SMILES string of the molecule is CCCCCCCCCCCCCCCCOc1[c]cccc1-c1ccc(NC(=O)CCCCCCCCCCCCC)cc1. The number of amides is 1. The van der Waals surface area contributed by atoms with Crippen LogP contribution in [0.3, 0.4) is 0 Å². The lowest BCUT2D eigenvalue weighted by atomic mass is 10.0. The van der Waals surface area contributed by atoms with Crippen molar-refractivity contribution in [3.8, 4) is 16.9 Å². The molecule has 0 bridgehead atoms. The molecule has 0 aliphatic rings. The first-order valence-corrected chi connectivity index (χ1v) is 19.3. The minimum absolute atomic E-state index is 0.115. The average molecular weight is 619 g/mol. The summed E-state index contributed by atoms with van der Waals surface area (Å²) in [6, 6.07) is 17.5. The molecule has 1 amide bonds. The molecule has 3 nitrogen and oxygen atoms in total. The monoisotopic (exact) mass is 619 g/mol. The van der Waals surface area contributed by atoms with Crippen LogP contribution in [0.25, 0.3) is 11.1 Å². The molecule has 0 heterocycles. The molecule has 45 heavy (non-hydrogen) atoms. The summed E-state index contributed by atoms with van der Waals surface area (Å²) in [7, 11) is 0. The predicted molar refractivity (Wildman–Crippen MR) is 196 cm³/mol. The lowest BCUT2D eigenvalue weighted by molar-refractivity contribution is -0.116. The van der Waals surface area contributed by atoms with E-state index in [2.05, 4.69) is 43.4 Å². The Morgan fingerprint density at radius 3 is 1.51 bits per heavy atom. The zero-order valence-electron chi connectivity index (χ0n) is 29.4. The highest BCUT2D eigenvalue weighted by Crippen LogP contribution is 2.30. The molecule has 1 radical (unpaired) electrons. The van der Waals surface area contributed by atoms with Crippen molar-refractivity contribution in [1.82, 2.24) is 0 Å². The van der Waals surface area contributed by atoms with Gasteiger partial charge in [-0.15, -0.1) is 0 Å². The highest BCUT2D eigenvalue weighted by molar-refractivity contribution is 5.91. The molecule has 253 valence electrons. The van der Waals surface area contributed by atoms with Crippen molar-refractivity contribution >= 4 is 11.6 Å². The topological polar surface area (TPSA) is 38.3 Å². The molecule has 0 saturated carbocycles. The van der Waals surface area contributed by atoms with E-state index in [1.165, 1.54) is 141 Å². The molecule has 3 heteroatoms. The largest absolute Gasteiger partial charge is 0.492 e. The van der Waals surface area contributed by atoms with Crippen molar-refractivity contribution in [1.29, 1.82) is 0 Å². The van der Waals surface area contributed by atoms with Gasteiger partial charge in [-0.1, -0.05) is 192 Å². The van der Waals surface area contributed by atoms with Gasteiger partial charge in [0.1, 0.15) is 5.75 Å². The summed E-state index contributed by atoms with van der Waals surface area (Å²) in [5.41, 5.74) is 3.00. The molecule has 0 aliphatic carbocycles. The van der Waals surface area contributed by atoms with Gasteiger partial charge in [-0.2, -0.15) is 0 Å². The second kappa shape index (κ2) is 28.0. The third-order valence-corrected chi connectivity index (χ3v) is 9.05. The molecule has 1 N–H and O–H groups in total. The van der Waals surface area contributed by atoms with Gasteiger partial charge in [-0.3, -0.25) is 4.79 Å². The minimum atomic E-state index is 0.115. The first-order valence-electron chi connectivity index (χ1n) is 19.3. The van der Waals surface area contributed by atoms with Crippen LogP contribution >= 0.6 is 0 Å². The second-order valence-corrected chi connectivity index (χ2v) is 13.3. The number of para-hydroxylation sites is 1. The maximum Gasteiger partial charge on any atom is 0.224 e. The molecule has 2 aromatic rings. The van der Waals surface area contributed by atoms with Crippen molar-refractivity contribution in [3.63, 3.8) is 0 Å². The molecule has 0 spiro atoms. The Morgan fingerprint density at radius 1 is 0.578 bits per heavy atom. The van der Waals surface area contributed by atoms with Gasteiger partial charge in [0.05, 0.1) is 6.61 Å². The quantitative estimate of drug-likeness (QED) is 0.0885. The Bertz CT molecular complexity index is 953. The van der Waals surface area contributed by atoms with Crippen LogP contribution in [0.15, 0.2) is 42.5 Å². The third-order valence-electron chi connectivity index (χ3n) is 9.05. The van der Waals surface area contributed by atoms with Gasteiger partial charge in [0.15, 0.2) is 0 Å². The summed E-state index contributed by atoms with van der Waals surface area (Å²) >= 11 is 0. The maximum atomic E-state index is 12.5. The van der Waals surface area contributed by atoms with E-state index in [9.17, 15) is 4.79 Å². The number of carbonyl (C=O) groups excluding carboxylic acids is 1. The Kier molecular flexibility index (Phi) is 24.2. The minimum Gasteiger partial charge on any atom is -0.492 e. The van der Waals surface area contributed by atoms with Crippen LogP contribution in [0.1, 0.15) is 181 Å². The molecule has 0 unspecified atom stereocenters. The zero-order chi connectivity index (χ0) is 32.0. The van der Waals surface area contributed by atoms with Crippen LogP contribution in [-0.2, 0) is 4.79 Å². The Morgan fingerprint density at radius 2 is 1.02 bits per heavy atom. The number of benzene rings is 2. The van der Waals surface area contributed by atoms with E-state index in [0.29, 0.717) is 6.42 Å². The normalized spacial score (nSPS) is 11.2. The number of carbonyl (C=O) groups is 1. The number of unbranched alkanes of at least 4 members (excludes halogenated alkanes) is 23. The van der Waals surface area contributed by atoms with Crippen LogP contribution in [0, 0.1) is 6.07 Å². The Balaban J connectivity index is 1.54. The molecule has 2 rings (SSSR count). The summed E-state index contributed by atoms with van der Waals surface area (Å²) in [6.45, 7) is 5.29. The lowest BCUT2D eigenvalue weighted by Gasteiger charge is -2.12. The number of hydrogen-bond acceptors (Lipinski definition) is 2. The first kappa shape index (κ1) is 38.9. The fraction of sp³-hybridized carbons (Fsp3) is 0.690. The average Bonchev–Trinajstić information content (AvgIpc) is 3.06. The first-order chi connectivity index (χ1) is 22.2. The maximum absolute atomic E-state index is 12.5. The molecular weight excluding hydrogens is 550 g/mol. The van der Waals surface area contributed by atoms with Crippen LogP contribution in [0.5, 0.6) is 5.75 Å². The van der Waals surface area contributed by atoms with Gasteiger partial charge in [0, 0.05) is 23.7 Å². The van der Waals surface area contributed by atoms with Crippen LogP contribution in [0.2, 0.25) is 0 Å². The van der Waals surface area contributed by atoms with E-state index in [0.717, 1.165) is 48.4 Å². The van der Waals surface area contributed by atoms with Gasteiger partial charge >= 0.3 is 0 Å². The molecule has 0 aliphatic heterocycles. The van der Waals surface area contributed by atoms with Crippen LogP contribution < -0.4 is 10.1 Å². The zero-order valence-corrected chi connectivity index (χ0v) is 29.4. The van der Waals surface area contributed by atoms with E-state index in [1.807, 2.05) is 24.3 Å². The molecular formula is C42H68NO2. The van der Waals surface area contributed by atoms with Gasteiger partial charge in [-0.25, -0.2) is 0 Å². The van der Waals surface area contributed by atoms with E-state index >= 15 is 0 Å². The smallest absolute Gasteiger partial charge is 0.224 e. The van der Waals surface area contributed by atoms with Crippen molar-refractivity contribution in [2.75, 3.05) is 11.9 Å². The summed E-state index contributed by atoms with van der Waals surface area (Å²) in [6.07, 6.45) is 33.9.